The van der Waals surface area contributed by atoms with Crippen LogP contribution in [0.25, 0.3) is 10.4 Å². The van der Waals surface area contributed by atoms with Crippen molar-refractivity contribution in [2.45, 2.75) is 0 Å². The Balaban J connectivity index is 2.26. The molecule has 1 aromatic rings. The SMILES string of the molecule is [N-]=[N+]=NCCOC(=O)COc1cncc(Cl)c1. The number of carbonyl (C=O) groups is 1. The van der Waals surface area contributed by atoms with E-state index in [9.17, 15) is 4.79 Å². The molecular formula is C9H9ClN4O3. The first kappa shape index (κ1) is 13.1. The molecule has 0 amide bonds. The van der Waals surface area contributed by atoms with Crippen LogP contribution in [0, 0.1) is 0 Å². The van der Waals surface area contributed by atoms with Crippen molar-refractivity contribution in [3.8, 4) is 5.75 Å². The molecule has 90 valence electrons. The molecule has 0 atom stereocenters. The molecule has 0 aliphatic carbocycles. The number of halogens is 1. The van der Waals surface area contributed by atoms with Gasteiger partial charge in [0.1, 0.15) is 5.75 Å². The molecule has 1 aromatic heterocycles. The van der Waals surface area contributed by atoms with E-state index >= 15 is 0 Å². The zero-order valence-corrected chi connectivity index (χ0v) is 9.50. The molecule has 0 spiro atoms. The Labute approximate surface area is 102 Å². The van der Waals surface area contributed by atoms with E-state index in [1.807, 2.05) is 0 Å². The van der Waals surface area contributed by atoms with Gasteiger partial charge in [-0.3, -0.25) is 4.98 Å². The molecule has 0 fully saturated rings. The summed E-state index contributed by atoms with van der Waals surface area (Å²) in [5, 5.41) is 3.62. The topological polar surface area (TPSA) is 97.2 Å². The van der Waals surface area contributed by atoms with E-state index in [0.717, 1.165) is 0 Å². The van der Waals surface area contributed by atoms with Gasteiger partial charge in [0, 0.05) is 17.2 Å². The van der Waals surface area contributed by atoms with Gasteiger partial charge in [-0.25, -0.2) is 4.79 Å². The Hall–Kier alpha value is -1.98. The second-order valence-electron chi connectivity index (χ2n) is 2.80. The highest BCUT2D eigenvalue weighted by atomic mass is 35.5. The number of aromatic nitrogens is 1. The maximum absolute atomic E-state index is 11.1. The number of carbonyl (C=O) groups excluding carboxylic acids is 1. The molecule has 0 saturated heterocycles. The van der Waals surface area contributed by atoms with E-state index < -0.39 is 5.97 Å². The van der Waals surface area contributed by atoms with Crippen LogP contribution in [0.1, 0.15) is 0 Å². The van der Waals surface area contributed by atoms with Crippen molar-refractivity contribution in [1.29, 1.82) is 0 Å². The number of rotatable bonds is 6. The van der Waals surface area contributed by atoms with E-state index in [2.05, 4.69) is 15.0 Å². The maximum Gasteiger partial charge on any atom is 0.344 e. The first-order valence-electron chi connectivity index (χ1n) is 4.62. The third-order valence-corrected chi connectivity index (χ3v) is 1.76. The van der Waals surface area contributed by atoms with Crippen LogP contribution in [0.4, 0.5) is 0 Å². The van der Waals surface area contributed by atoms with Gasteiger partial charge >= 0.3 is 5.97 Å². The molecule has 0 unspecified atom stereocenters. The van der Waals surface area contributed by atoms with E-state index in [4.69, 9.17) is 26.6 Å². The number of hydrogen-bond donors (Lipinski definition) is 0. The van der Waals surface area contributed by atoms with Gasteiger partial charge in [-0.2, -0.15) is 0 Å². The second-order valence-corrected chi connectivity index (χ2v) is 3.24. The van der Waals surface area contributed by atoms with Crippen molar-refractivity contribution in [2.75, 3.05) is 19.8 Å². The van der Waals surface area contributed by atoms with Crippen molar-refractivity contribution >= 4 is 17.6 Å². The lowest BCUT2D eigenvalue weighted by Crippen LogP contribution is -2.16. The molecule has 0 aliphatic heterocycles. The van der Waals surface area contributed by atoms with Gasteiger partial charge in [-0.05, 0) is 5.53 Å². The fraction of sp³-hybridized carbons (Fsp3) is 0.333. The minimum atomic E-state index is -0.557. The standard InChI is InChI=1S/C9H9ClN4O3/c10-7-3-8(5-12-4-7)17-6-9(15)16-2-1-13-14-11/h3-5H,1-2,6H2. The summed E-state index contributed by atoms with van der Waals surface area (Å²) in [6.07, 6.45) is 2.88. The fourth-order valence-corrected chi connectivity index (χ4v) is 1.06. The van der Waals surface area contributed by atoms with Crippen molar-refractivity contribution in [3.05, 3.63) is 33.9 Å². The second kappa shape index (κ2) is 7.32. The predicted molar refractivity (Wildman–Crippen MR) is 59.7 cm³/mol. The molecule has 1 rings (SSSR count). The predicted octanol–water partition coefficient (Wildman–Crippen LogP) is 1.97. The van der Waals surface area contributed by atoms with Gasteiger partial charge in [0.25, 0.3) is 0 Å². The molecule has 0 radical (unpaired) electrons. The van der Waals surface area contributed by atoms with E-state index in [0.29, 0.717) is 10.8 Å². The molecule has 7 nitrogen and oxygen atoms in total. The molecule has 0 saturated carbocycles. The Kier molecular flexibility index (Phi) is 5.63. The van der Waals surface area contributed by atoms with Crippen molar-refractivity contribution < 1.29 is 14.3 Å². The van der Waals surface area contributed by atoms with Crippen LogP contribution >= 0.6 is 11.6 Å². The lowest BCUT2D eigenvalue weighted by Gasteiger charge is -2.05. The fourth-order valence-electron chi connectivity index (χ4n) is 0.900. The zero-order chi connectivity index (χ0) is 12.5. The molecule has 0 N–H and O–H groups in total. The summed E-state index contributed by atoms with van der Waals surface area (Å²) in [6.45, 7) is -0.126. The summed E-state index contributed by atoms with van der Waals surface area (Å²) in [4.78, 5) is 17.4. The van der Waals surface area contributed by atoms with Crippen molar-refractivity contribution in [1.82, 2.24) is 4.98 Å². The Morgan fingerprint density at radius 2 is 2.41 bits per heavy atom. The highest BCUT2D eigenvalue weighted by Gasteiger charge is 2.04. The molecule has 17 heavy (non-hydrogen) atoms. The Morgan fingerprint density at radius 1 is 1.59 bits per heavy atom. The maximum atomic E-state index is 11.1. The van der Waals surface area contributed by atoms with Gasteiger partial charge in [0.2, 0.25) is 0 Å². The summed E-state index contributed by atoms with van der Waals surface area (Å²) in [6, 6.07) is 1.53. The smallest absolute Gasteiger partial charge is 0.344 e. The highest BCUT2D eigenvalue weighted by molar-refractivity contribution is 6.30. The van der Waals surface area contributed by atoms with Gasteiger partial charge in [-0.1, -0.05) is 16.7 Å². The summed E-state index contributed by atoms with van der Waals surface area (Å²) < 4.78 is 9.79. The first-order chi connectivity index (χ1) is 8.22. The number of pyridine rings is 1. The van der Waals surface area contributed by atoms with Crippen LogP contribution in [0.3, 0.4) is 0 Å². The summed E-state index contributed by atoms with van der Waals surface area (Å²) in [5.41, 5.74) is 7.98. The van der Waals surface area contributed by atoms with E-state index in [1.165, 1.54) is 18.5 Å². The van der Waals surface area contributed by atoms with Gasteiger partial charge in [-0.15, -0.1) is 0 Å². The minimum absolute atomic E-state index is 0.0278. The zero-order valence-electron chi connectivity index (χ0n) is 8.74. The molecule has 8 heteroatoms. The van der Waals surface area contributed by atoms with Gasteiger partial charge in [0.05, 0.1) is 24.4 Å². The molecule has 0 aliphatic rings. The molecule has 0 bridgehead atoms. The molecule has 0 aromatic carbocycles. The summed E-state index contributed by atoms with van der Waals surface area (Å²) in [7, 11) is 0. The number of esters is 1. The third-order valence-electron chi connectivity index (χ3n) is 1.55. The van der Waals surface area contributed by atoms with Crippen LogP contribution in [-0.2, 0) is 9.53 Å². The minimum Gasteiger partial charge on any atom is -0.480 e. The van der Waals surface area contributed by atoms with Crippen LogP contribution in [0.2, 0.25) is 5.02 Å². The van der Waals surface area contributed by atoms with Crippen LogP contribution in [0.15, 0.2) is 23.6 Å². The average molecular weight is 257 g/mol. The number of ether oxygens (including phenoxy) is 2. The van der Waals surface area contributed by atoms with Crippen LogP contribution < -0.4 is 4.74 Å². The van der Waals surface area contributed by atoms with Crippen LogP contribution in [0.5, 0.6) is 5.75 Å². The Bertz CT molecular complexity index is 434. The Morgan fingerprint density at radius 3 is 3.12 bits per heavy atom. The van der Waals surface area contributed by atoms with Gasteiger partial charge < -0.3 is 9.47 Å². The summed E-state index contributed by atoms with van der Waals surface area (Å²) >= 11 is 5.67. The largest absolute Gasteiger partial charge is 0.480 e. The molecular weight excluding hydrogens is 248 g/mol. The van der Waals surface area contributed by atoms with Crippen molar-refractivity contribution in [2.24, 2.45) is 5.11 Å². The summed E-state index contributed by atoms with van der Waals surface area (Å²) in [5.74, 6) is -0.178. The van der Waals surface area contributed by atoms with Crippen LogP contribution in [-0.4, -0.2) is 30.7 Å². The highest BCUT2D eigenvalue weighted by Crippen LogP contribution is 2.14. The lowest BCUT2D eigenvalue weighted by molar-refractivity contribution is -0.145. The van der Waals surface area contributed by atoms with Crippen molar-refractivity contribution in [3.63, 3.8) is 0 Å². The first-order valence-corrected chi connectivity index (χ1v) is 5.00. The monoisotopic (exact) mass is 256 g/mol. The number of azide groups is 1. The number of nitrogens with zero attached hydrogens (tertiary/aromatic N) is 4. The lowest BCUT2D eigenvalue weighted by atomic mass is 10.4. The van der Waals surface area contributed by atoms with Gasteiger partial charge in [0.15, 0.2) is 6.61 Å². The quantitative estimate of drug-likeness (QED) is 0.255. The normalized spacial score (nSPS) is 9.24. The average Bonchev–Trinajstić information content (AvgIpc) is 2.32. The number of hydrogen-bond acceptors (Lipinski definition) is 5. The molecule has 1 heterocycles. The van der Waals surface area contributed by atoms with E-state index in [-0.39, 0.29) is 19.8 Å². The third kappa shape index (κ3) is 5.60. The van der Waals surface area contributed by atoms with E-state index in [1.54, 1.807) is 0 Å².